The van der Waals surface area contributed by atoms with Crippen molar-refractivity contribution in [1.82, 2.24) is 0 Å². The van der Waals surface area contributed by atoms with Crippen LogP contribution in [0.3, 0.4) is 0 Å². The molecule has 6 nitrogen and oxygen atoms in total. The quantitative estimate of drug-likeness (QED) is 0.793. The summed E-state index contributed by atoms with van der Waals surface area (Å²) in [5.41, 5.74) is 0. The molecule has 0 bridgehead atoms. The summed E-state index contributed by atoms with van der Waals surface area (Å²) in [5.74, 6) is -1.82. The standard InChI is InChI=1S/C15H12O6/c16-14(17)13(15(18)19)21-12-8-6-11(7-9-12)20-10-4-2-1-3-5-10/h1-9,13H,(H,16,17)(H,18,19). The van der Waals surface area contributed by atoms with Crippen molar-refractivity contribution in [1.29, 1.82) is 0 Å². The normalized spacial score (nSPS) is 10.1. The van der Waals surface area contributed by atoms with E-state index in [0.29, 0.717) is 11.5 Å². The topological polar surface area (TPSA) is 93.1 Å². The monoisotopic (exact) mass is 288 g/mol. The summed E-state index contributed by atoms with van der Waals surface area (Å²) in [6.07, 6.45) is -1.94. The van der Waals surface area contributed by atoms with Gasteiger partial charge in [-0.05, 0) is 36.4 Å². The Labute approximate surface area is 120 Å². The summed E-state index contributed by atoms with van der Waals surface area (Å²) >= 11 is 0. The molecule has 0 aromatic heterocycles. The second-order valence-electron chi connectivity index (χ2n) is 4.06. The molecule has 0 aliphatic carbocycles. The van der Waals surface area contributed by atoms with Crippen LogP contribution in [-0.4, -0.2) is 28.3 Å². The first kappa shape index (κ1) is 14.4. The maximum absolute atomic E-state index is 10.7. The summed E-state index contributed by atoms with van der Waals surface area (Å²) in [4.78, 5) is 21.4. The van der Waals surface area contributed by atoms with Crippen molar-refractivity contribution in [2.24, 2.45) is 0 Å². The van der Waals surface area contributed by atoms with E-state index in [-0.39, 0.29) is 5.75 Å². The number of ether oxygens (including phenoxy) is 2. The number of carbonyl (C=O) groups is 2. The van der Waals surface area contributed by atoms with Gasteiger partial charge >= 0.3 is 11.9 Å². The van der Waals surface area contributed by atoms with Gasteiger partial charge < -0.3 is 19.7 Å². The molecule has 0 fully saturated rings. The van der Waals surface area contributed by atoms with Crippen LogP contribution >= 0.6 is 0 Å². The second kappa shape index (κ2) is 6.42. The highest BCUT2D eigenvalue weighted by molar-refractivity contribution is 5.96. The number of hydrogen-bond donors (Lipinski definition) is 2. The molecular weight excluding hydrogens is 276 g/mol. The zero-order valence-corrected chi connectivity index (χ0v) is 10.8. The molecule has 108 valence electrons. The van der Waals surface area contributed by atoms with E-state index in [2.05, 4.69) is 0 Å². The number of para-hydroxylation sites is 1. The van der Waals surface area contributed by atoms with Gasteiger partial charge in [0.05, 0.1) is 0 Å². The van der Waals surface area contributed by atoms with Crippen molar-refractivity contribution in [3.63, 3.8) is 0 Å². The van der Waals surface area contributed by atoms with Crippen molar-refractivity contribution >= 4 is 11.9 Å². The van der Waals surface area contributed by atoms with Crippen molar-refractivity contribution in [2.75, 3.05) is 0 Å². The molecule has 0 aliphatic heterocycles. The molecule has 0 atom stereocenters. The SMILES string of the molecule is O=C(O)C(Oc1ccc(Oc2ccccc2)cc1)C(=O)O. The Balaban J connectivity index is 2.05. The Morgan fingerprint density at radius 1 is 0.762 bits per heavy atom. The fourth-order valence-corrected chi connectivity index (χ4v) is 1.55. The predicted octanol–water partition coefficient (Wildman–Crippen LogP) is 2.40. The number of benzene rings is 2. The molecule has 0 spiro atoms. The average molecular weight is 288 g/mol. The van der Waals surface area contributed by atoms with E-state index in [9.17, 15) is 9.59 Å². The highest BCUT2D eigenvalue weighted by Crippen LogP contribution is 2.24. The van der Waals surface area contributed by atoms with E-state index in [1.807, 2.05) is 18.2 Å². The molecule has 21 heavy (non-hydrogen) atoms. The van der Waals surface area contributed by atoms with Crippen molar-refractivity contribution in [3.8, 4) is 17.2 Å². The molecule has 0 amide bonds. The van der Waals surface area contributed by atoms with E-state index in [0.717, 1.165) is 0 Å². The van der Waals surface area contributed by atoms with Crippen LogP contribution in [0.2, 0.25) is 0 Å². The van der Waals surface area contributed by atoms with E-state index in [4.69, 9.17) is 19.7 Å². The predicted molar refractivity (Wildman–Crippen MR) is 72.6 cm³/mol. The molecule has 2 N–H and O–H groups in total. The summed E-state index contributed by atoms with van der Waals surface area (Å²) in [6, 6.07) is 15.1. The van der Waals surface area contributed by atoms with Crippen LogP contribution in [0.15, 0.2) is 54.6 Å². The van der Waals surface area contributed by atoms with Gasteiger partial charge in [0.15, 0.2) is 0 Å². The molecule has 2 aromatic rings. The number of rotatable bonds is 6. The minimum absolute atomic E-state index is 0.130. The zero-order chi connectivity index (χ0) is 15.2. The molecule has 0 saturated heterocycles. The van der Waals surface area contributed by atoms with Gasteiger partial charge in [0, 0.05) is 0 Å². The van der Waals surface area contributed by atoms with Crippen LogP contribution in [-0.2, 0) is 9.59 Å². The maximum atomic E-state index is 10.7. The lowest BCUT2D eigenvalue weighted by molar-refractivity contribution is -0.159. The highest BCUT2D eigenvalue weighted by atomic mass is 16.5. The summed E-state index contributed by atoms with van der Waals surface area (Å²) in [5, 5.41) is 17.4. The van der Waals surface area contributed by atoms with Gasteiger partial charge in [-0.25, -0.2) is 9.59 Å². The van der Waals surface area contributed by atoms with Gasteiger partial charge in [0.25, 0.3) is 6.10 Å². The van der Waals surface area contributed by atoms with Crippen molar-refractivity contribution in [3.05, 3.63) is 54.6 Å². The zero-order valence-electron chi connectivity index (χ0n) is 10.8. The first-order chi connectivity index (χ1) is 10.1. The third-order valence-electron chi connectivity index (χ3n) is 2.51. The lowest BCUT2D eigenvalue weighted by Crippen LogP contribution is -2.35. The second-order valence-corrected chi connectivity index (χ2v) is 4.06. The fraction of sp³-hybridized carbons (Fsp3) is 0.0667. The number of hydrogen-bond acceptors (Lipinski definition) is 4. The minimum atomic E-state index is -1.94. The molecule has 0 heterocycles. The minimum Gasteiger partial charge on any atom is -0.478 e. The lowest BCUT2D eigenvalue weighted by Gasteiger charge is -2.11. The van der Waals surface area contributed by atoms with Gasteiger partial charge in [-0.1, -0.05) is 18.2 Å². The number of carboxylic acid groups (broad SMARTS) is 2. The van der Waals surface area contributed by atoms with Gasteiger partial charge in [-0.3, -0.25) is 0 Å². The van der Waals surface area contributed by atoms with Crippen LogP contribution in [0, 0.1) is 0 Å². The first-order valence-corrected chi connectivity index (χ1v) is 6.01. The van der Waals surface area contributed by atoms with Crippen LogP contribution in [0.25, 0.3) is 0 Å². The van der Waals surface area contributed by atoms with Gasteiger partial charge in [-0.15, -0.1) is 0 Å². The average Bonchev–Trinajstić information content (AvgIpc) is 2.47. The molecule has 2 rings (SSSR count). The smallest absolute Gasteiger partial charge is 0.356 e. The Morgan fingerprint density at radius 3 is 1.76 bits per heavy atom. The molecular formula is C15H12O6. The van der Waals surface area contributed by atoms with Gasteiger partial charge in [0.2, 0.25) is 0 Å². The number of carboxylic acids is 2. The highest BCUT2D eigenvalue weighted by Gasteiger charge is 2.27. The van der Waals surface area contributed by atoms with Gasteiger partial charge in [-0.2, -0.15) is 0 Å². The molecule has 2 aromatic carbocycles. The Hall–Kier alpha value is -3.02. The maximum Gasteiger partial charge on any atom is 0.356 e. The van der Waals surface area contributed by atoms with Crippen LogP contribution in [0.1, 0.15) is 0 Å². The molecule has 0 radical (unpaired) electrons. The van der Waals surface area contributed by atoms with Crippen LogP contribution in [0.4, 0.5) is 0 Å². The molecule has 0 unspecified atom stereocenters. The Kier molecular flexibility index (Phi) is 4.40. The molecule has 0 saturated carbocycles. The van der Waals surface area contributed by atoms with E-state index < -0.39 is 18.0 Å². The summed E-state index contributed by atoms with van der Waals surface area (Å²) < 4.78 is 10.4. The summed E-state index contributed by atoms with van der Waals surface area (Å²) in [7, 11) is 0. The third-order valence-corrected chi connectivity index (χ3v) is 2.51. The Bertz CT molecular complexity index is 606. The molecule has 6 heteroatoms. The van der Waals surface area contributed by atoms with Crippen molar-refractivity contribution in [2.45, 2.75) is 6.10 Å². The van der Waals surface area contributed by atoms with E-state index in [1.54, 1.807) is 24.3 Å². The van der Waals surface area contributed by atoms with E-state index in [1.165, 1.54) is 12.1 Å². The van der Waals surface area contributed by atoms with E-state index >= 15 is 0 Å². The Morgan fingerprint density at radius 2 is 1.24 bits per heavy atom. The fourth-order valence-electron chi connectivity index (χ4n) is 1.55. The van der Waals surface area contributed by atoms with Crippen LogP contribution < -0.4 is 9.47 Å². The van der Waals surface area contributed by atoms with Crippen LogP contribution in [0.5, 0.6) is 17.2 Å². The van der Waals surface area contributed by atoms with Crippen molar-refractivity contribution < 1.29 is 29.3 Å². The first-order valence-electron chi connectivity index (χ1n) is 6.01. The third kappa shape index (κ3) is 3.97. The number of aliphatic carboxylic acids is 2. The molecule has 0 aliphatic rings. The summed E-state index contributed by atoms with van der Waals surface area (Å²) in [6.45, 7) is 0. The van der Waals surface area contributed by atoms with Gasteiger partial charge in [0.1, 0.15) is 17.2 Å². The lowest BCUT2D eigenvalue weighted by atomic mass is 10.3. The largest absolute Gasteiger partial charge is 0.478 e.